The van der Waals surface area contributed by atoms with Gasteiger partial charge in [-0.3, -0.25) is 4.79 Å². The number of ether oxygens (including phenoxy) is 1. The third-order valence-corrected chi connectivity index (χ3v) is 1.94. The van der Waals surface area contributed by atoms with E-state index < -0.39 is 11.8 Å². The number of hydrogen-bond donors (Lipinski definition) is 0. The Morgan fingerprint density at radius 1 is 1.24 bits per heavy atom. The van der Waals surface area contributed by atoms with Crippen molar-refractivity contribution in [2.75, 3.05) is 7.11 Å². The zero-order valence-corrected chi connectivity index (χ0v) is 9.67. The molecule has 0 aliphatic carbocycles. The van der Waals surface area contributed by atoms with Crippen LogP contribution in [-0.2, 0) is 25.8 Å². The van der Waals surface area contributed by atoms with E-state index in [1.165, 1.54) is 14.0 Å². The predicted molar refractivity (Wildman–Crippen MR) is 61.4 cm³/mol. The Labute approximate surface area is 99.0 Å². The molecule has 0 saturated carbocycles. The number of Topliss-reactive ketones (excluding diaryl/α,β-unsaturated/α-hetero) is 1. The summed E-state index contributed by atoms with van der Waals surface area (Å²) in [5.41, 5.74) is 0.549. The molecule has 0 heterocycles. The van der Waals surface area contributed by atoms with Gasteiger partial charge in [-0.15, -0.1) is 0 Å². The summed E-state index contributed by atoms with van der Waals surface area (Å²) < 4.78 is 4.41. The van der Waals surface area contributed by atoms with Gasteiger partial charge in [0.25, 0.3) is 0 Å². The average molecular weight is 235 g/mol. The SMILES string of the molecule is COC(=O)C(=NOCc1ccccc1)C(C)=O. The first-order valence-corrected chi connectivity index (χ1v) is 4.98. The van der Waals surface area contributed by atoms with Crippen LogP contribution in [-0.4, -0.2) is 24.6 Å². The van der Waals surface area contributed by atoms with Crippen molar-refractivity contribution in [3.05, 3.63) is 35.9 Å². The van der Waals surface area contributed by atoms with Gasteiger partial charge in [0, 0.05) is 6.92 Å². The van der Waals surface area contributed by atoms with Crippen LogP contribution in [0.4, 0.5) is 0 Å². The first-order chi connectivity index (χ1) is 8.15. The number of ketones is 1. The lowest BCUT2D eigenvalue weighted by Crippen LogP contribution is -2.23. The van der Waals surface area contributed by atoms with Crippen LogP contribution in [0.5, 0.6) is 0 Å². The summed E-state index contributed by atoms with van der Waals surface area (Å²) in [4.78, 5) is 27.1. The van der Waals surface area contributed by atoms with E-state index in [-0.39, 0.29) is 12.3 Å². The number of benzene rings is 1. The summed E-state index contributed by atoms with van der Waals surface area (Å²) in [6.07, 6.45) is 0. The Balaban J connectivity index is 2.62. The Kier molecular flexibility index (Phi) is 4.87. The highest BCUT2D eigenvalue weighted by Crippen LogP contribution is 2.01. The van der Waals surface area contributed by atoms with E-state index >= 15 is 0 Å². The maximum absolute atomic E-state index is 11.1. The second kappa shape index (κ2) is 6.42. The molecule has 0 N–H and O–H groups in total. The van der Waals surface area contributed by atoms with Crippen molar-refractivity contribution in [1.82, 2.24) is 0 Å². The summed E-state index contributed by atoms with van der Waals surface area (Å²) >= 11 is 0. The van der Waals surface area contributed by atoms with Gasteiger partial charge in [0.15, 0.2) is 5.78 Å². The number of carbonyl (C=O) groups is 2. The van der Waals surface area contributed by atoms with Crippen LogP contribution >= 0.6 is 0 Å². The van der Waals surface area contributed by atoms with Crippen molar-refractivity contribution < 1.29 is 19.2 Å². The summed E-state index contributed by atoms with van der Waals surface area (Å²) in [5.74, 6) is -1.30. The molecule has 0 amide bonds. The van der Waals surface area contributed by atoms with Crippen LogP contribution in [0.25, 0.3) is 0 Å². The maximum Gasteiger partial charge on any atom is 0.363 e. The summed E-state index contributed by atoms with van der Waals surface area (Å²) in [5, 5.41) is 3.48. The Hall–Kier alpha value is -2.17. The zero-order valence-electron chi connectivity index (χ0n) is 9.67. The van der Waals surface area contributed by atoms with Crippen LogP contribution < -0.4 is 0 Å². The molecular weight excluding hydrogens is 222 g/mol. The van der Waals surface area contributed by atoms with Gasteiger partial charge in [-0.1, -0.05) is 35.5 Å². The number of rotatable bonds is 5. The first kappa shape index (κ1) is 12.9. The minimum absolute atomic E-state index is 0.189. The average Bonchev–Trinajstić information content (AvgIpc) is 2.34. The van der Waals surface area contributed by atoms with Crippen LogP contribution in [0.1, 0.15) is 12.5 Å². The highest BCUT2D eigenvalue weighted by atomic mass is 16.6. The van der Waals surface area contributed by atoms with Crippen molar-refractivity contribution in [1.29, 1.82) is 0 Å². The molecule has 90 valence electrons. The fourth-order valence-corrected chi connectivity index (χ4v) is 1.09. The molecule has 0 saturated heterocycles. The van der Waals surface area contributed by atoms with Gasteiger partial charge in [0.05, 0.1) is 7.11 Å². The van der Waals surface area contributed by atoms with Crippen molar-refractivity contribution in [3.8, 4) is 0 Å². The molecule has 1 aromatic rings. The van der Waals surface area contributed by atoms with Crippen molar-refractivity contribution in [3.63, 3.8) is 0 Å². The lowest BCUT2D eigenvalue weighted by atomic mass is 10.2. The lowest BCUT2D eigenvalue weighted by molar-refractivity contribution is -0.133. The van der Waals surface area contributed by atoms with Crippen LogP contribution in [0.2, 0.25) is 0 Å². The largest absolute Gasteiger partial charge is 0.464 e. The van der Waals surface area contributed by atoms with E-state index in [2.05, 4.69) is 9.89 Å². The smallest absolute Gasteiger partial charge is 0.363 e. The van der Waals surface area contributed by atoms with Gasteiger partial charge in [-0.25, -0.2) is 4.79 Å². The molecule has 0 fully saturated rings. The van der Waals surface area contributed by atoms with Crippen LogP contribution in [0.15, 0.2) is 35.5 Å². The van der Waals surface area contributed by atoms with Crippen LogP contribution in [0, 0.1) is 0 Å². The standard InChI is InChI=1S/C12H13NO4/c1-9(14)11(12(15)16-2)13-17-8-10-6-4-3-5-7-10/h3-7H,8H2,1-2H3. The lowest BCUT2D eigenvalue weighted by Gasteiger charge is -2.02. The van der Waals surface area contributed by atoms with E-state index in [4.69, 9.17) is 4.84 Å². The Bertz CT molecular complexity index is 425. The first-order valence-electron chi connectivity index (χ1n) is 4.98. The van der Waals surface area contributed by atoms with E-state index in [0.29, 0.717) is 0 Å². The van der Waals surface area contributed by atoms with Gasteiger partial charge in [0.1, 0.15) is 6.61 Å². The molecule has 0 unspecified atom stereocenters. The highest BCUT2D eigenvalue weighted by molar-refractivity contribution is 6.63. The molecule has 0 aliphatic heterocycles. The second-order valence-corrected chi connectivity index (χ2v) is 3.25. The molecule has 0 bridgehead atoms. The molecule has 0 radical (unpaired) electrons. The summed E-state index contributed by atoms with van der Waals surface area (Å²) in [7, 11) is 1.18. The molecule has 0 spiro atoms. The molecule has 5 heteroatoms. The molecule has 0 atom stereocenters. The zero-order chi connectivity index (χ0) is 12.7. The summed E-state index contributed by atoms with van der Waals surface area (Å²) in [6.45, 7) is 1.41. The summed E-state index contributed by atoms with van der Waals surface area (Å²) in [6, 6.07) is 9.29. The molecular formula is C12H13NO4. The molecule has 1 rings (SSSR count). The van der Waals surface area contributed by atoms with Gasteiger partial charge >= 0.3 is 5.97 Å². The minimum Gasteiger partial charge on any atom is -0.464 e. The quantitative estimate of drug-likeness (QED) is 0.334. The van der Waals surface area contributed by atoms with Gasteiger partial charge < -0.3 is 9.57 Å². The minimum atomic E-state index is -0.800. The highest BCUT2D eigenvalue weighted by Gasteiger charge is 2.17. The van der Waals surface area contributed by atoms with Gasteiger partial charge in [-0.2, -0.15) is 0 Å². The molecule has 17 heavy (non-hydrogen) atoms. The Morgan fingerprint density at radius 3 is 2.41 bits per heavy atom. The monoisotopic (exact) mass is 235 g/mol. The number of esters is 1. The number of carbonyl (C=O) groups excluding carboxylic acids is 2. The Morgan fingerprint density at radius 2 is 1.88 bits per heavy atom. The predicted octanol–water partition coefficient (Wildman–Crippen LogP) is 1.32. The number of nitrogens with zero attached hydrogens (tertiary/aromatic N) is 1. The van der Waals surface area contributed by atoms with Crippen molar-refractivity contribution in [2.24, 2.45) is 5.16 Å². The molecule has 0 aromatic heterocycles. The third kappa shape index (κ3) is 4.06. The van der Waals surface area contributed by atoms with E-state index in [0.717, 1.165) is 5.56 Å². The fraction of sp³-hybridized carbons (Fsp3) is 0.250. The number of methoxy groups -OCH3 is 1. The topological polar surface area (TPSA) is 65.0 Å². The van der Waals surface area contributed by atoms with E-state index in [1.807, 2.05) is 30.3 Å². The van der Waals surface area contributed by atoms with Crippen molar-refractivity contribution >= 4 is 17.5 Å². The van der Waals surface area contributed by atoms with Crippen LogP contribution in [0.3, 0.4) is 0 Å². The fourth-order valence-electron chi connectivity index (χ4n) is 1.09. The second-order valence-electron chi connectivity index (χ2n) is 3.25. The molecule has 0 aliphatic rings. The third-order valence-electron chi connectivity index (χ3n) is 1.94. The molecule has 1 aromatic carbocycles. The van der Waals surface area contributed by atoms with Gasteiger partial charge in [-0.05, 0) is 5.56 Å². The van der Waals surface area contributed by atoms with Gasteiger partial charge in [0.2, 0.25) is 5.71 Å². The number of hydrogen-bond acceptors (Lipinski definition) is 5. The van der Waals surface area contributed by atoms with Crippen molar-refractivity contribution in [2.45, 2.75) is 13.5 Å². The van der Waals surface area contributed by atoms with E-state index in [9.17, 15) is 9.59 Å². The number of oxime groups is 1. The molecule has 5 nitrogen and oxygen atoms in total. The normalized spacial score (nSPS) is 10.8. The van der Waals surface area contributed by atoms with E-state index in [1.54, 1.807) is 0 Å². The maximum atomic E-state index is 11.1.